The molecule has 5 rings (SSSR count). The number of benzene rings is 3. The monoisotopic (exact) mass is 359 g/mol. The first-order valence-corrected chi connectivity index (χ1v) is 9.27. The number of ketones is 1. The lowest BCUT2D eigenvalue weighted by Crippen LogP contribution is -2.07. The quantitative estimate of drug-likeness (QED) is 0.605. The second-order valence-electron chi connectivity index (χ2n) is 6.34. The minimum absolute atomic E-state index is 0.0117. The normalized spacial score (nSPS) is 17.9. The summed E-state index contributed by atoms with van der Waals surface area (Å²) in [5.74, 6) is -0.281. The number of para-hydroxylation sites is 1. The lowest BCUT2D eigenvalue weighted by Gasteiger charge is -2.17. The largest absolute Gasteiger partial charge is 0.354 e. The molecule has 2 nitrogen and oxygen atoms in total. The molecule has 0 fully saturated rings. The molecule has 4 heteroatoms. The topological polar surface area (TPSA) is 29.1 Å². The maximum absolute atomic E-state index is 13.9. The first-order chi connectivity index (χ1) is 12.7. The van der Waals surface area contributed by atoms with Crippen LogP contribution in [-0.2, 0) is 0 Å². The Morgan fingerprint density at radius 1 is 0.885 bits per heavy atom. The first kappa shape index (κ1) is 15.4. The van der Waals surface area contributed by atoms with E-state index >= 15 is 0 Å². The molecule has 1 aliphatic carbocycles. The summed E-state index contributed by atoms with van der Waals surface area (Å²) in [6, 6.07) is 22.1. The molecule has 1 atom stereocenters. The van der Waals surface area contributed by atoms with Crippen molar-refractivity contribution in [2.24, 2.45) is 0 Å². The Balaban J connectivity index is 1.76. The van der Waals surface area contributed by atoms with E-state index in [4.69, 9.17) is 0 Å². The lowest BCUT2D eigenvalue weighted by molar-refractivity contribution is 0.103. The van der Waals surface area contributed by atoms with Gasteiger partial charge in [-0.25, -0.2) is 4.39 Å². The molecule has 0 unspecified atom stereocenters. The minimum Gasteiger partial charge on any atom is -0.354 e. The van der Waals surface area contributed by atoms with E-state index in [0.29, 0.717) is 11.1 Å². The molecule has 1 N–H and O–H groups in total. The number of Topliss-reactive ketones (excluding diaryl/α,β-unsaturated/α-hetero) is 1. The molecule has 0 amide bonds. The summed E-state index contributed by atoms with van der Waals surface area (Å²) < 4.78 is 13.9. The van der Waals surface area contributed by atoms with E-state index in [1.54, 1.807) is 17.8 Å². The highest BCUT2D eigenvalue weighted by Crippen LogP contribution is 2.52. The average molecular weight is 359 g/mol. The number of hydrogen-bond acceptors (Lipinski definition) is 3. The van der Waals surface area contributed by atoms with Crippen LogP contribution < -0.4 is 5.32 Å². The zero-order chi connectivity index (χ0) is 17.7. The van der Waals surface area contributed by atoms with Gasteiger partial charge in [-0.3, -0.25) is 4.79 Å². The van der Waals surface area contributed by atoms with Gasteiger partial charge in [0, 0.05) is 21.6 Å². The Labute approximate surface area is 154 Å². The number of fused-ring (bicyclic) bond motifs is 3. The second kappa shape index (κ2) is 5.85. The summed E-state index contributed by atoms with van der Waals surface area (Å²) in [5.41, 5.74) is 4.89. The van der Waals surface area contributed by atoms with Gasteiger partial charge in [0.25, 0.3) is 0 Å². The van der Waals surface area contributed by atoms with E-state index in [1.165, 1.54) is 12.1 Å². The molecule has 0 saturated carbocycles. The molecule has 26 heavy (non-hydrogen) atoms. The van der Waals surface area contributed by atoms with Crippen molar-refractivity contribution in [1.29, 1.82) is 0 Å². The van der Waals surface area contributed by atoms with Crippen molar-refractivity contribution < 1.29 is 9.18 Å². The third-order valence-electron chi connectivity index (χ3n) is 4.76. The van der Waals surface area contributed by atoms with Crippen LogP contribution >= 0.6 is 11.8 Å². The minimum atomic E-state index is -0.293. The van der Waals surface area contributed by atoms with E-state index in [2.05, 4.69) is 5.32 Å². The molecule has 2 aliphatic rings. The number of rotatable bonds is 1. The van der Waals surface area contributed by atoms with Crippen molar-refractivity contribution in [1.82, 2.24) is 0 Å². The summed E-state index contributed by atoms with van der Waals surface area (Å²) in [4.78, 5) is 14.2. The molecule has 0 spiro atoms. The van der Waals surface area contributed by atoms with Crippen molar-refractivity contribution in [3.63, 3.8) is 0 Å². The molecule has 3 aromatic carbocycles. The van der Waals surface area contributed by atoms with Crippen molar-refractivity contribution in [3.8, 4) is 0 Å². The molecule has 0 radical (unpaired) electrons. The van der Waals surface area contributed by atoms with Crippen LogP contribution in [0.1, 0.15) is 26.7 Å². The predicted octanol–water partition coefficient (Wildman–Crippen LogP) is 5.69. The number of anilines is 1. The van der Waals surface area contributed by atoms with Crippen LogP contribution in [0.5, 0.6) is 0 Å². The van der Waals surface area contributed by atoms with Crippen LogP contribution in [0.4, 0.5) is 10.1 Å². The predicted molar refractivity (Wildman–Crippen MR) is 103 cm³/mol. The van der Waals surface area contributed by atoms with Crippen LogP contribution in [0.15, 0.2) is 83.3 Å². The third kappa shape index (κ3) is 2.30. The average Bonchev–Trinajstić information content (AvgIpc) is 2.83. The molecule has 1 heterocycles. The van der Waals surface area contributed by atoms with Crippen LogP contribution in [-0.4, -0.2) is 5.78 Å². The van der Waals surface area contributed by atoms with Gasteiger partial charge in [0.1, 0.15) is 5.82 Å². The molecule has 1 aliphatic heterocycles. The molecule has 126 valence electrons. The molecule has 3 aromatic rings. The number of carbonyl (C=O) groups is 1. The van der Waals surface area contributed by atoms with E-state index in [9.17, 15) is 9.18 Å². The first-order valence-electron chi connectivity index (χ1n) is 8.39. The van der Waals surface area contributed by atoms with Crippen LogP contribution in [0.3, 0.4) is 0 Å². The van der Waals surface area contributed by atoms with Gasteiger partial charge in [0.2, 0.25) is 0 Å². The Kier molecular flexibility index (Phi) is 3.47. The van der Waals surface area contributed by atoms with Crippen LogP contribution in [0.25, 0.3) is 5.70 Å². The zero-order valence-corrected chi connectivity index (χ0v) is 14.5. The molecule has 0 bridgehead atoms. The number of thioether (sulfide) groups is 1. The molecule has 0 aromatic heterocycles. The van der Waals surface area contributed by atoms with Gasteiger partial charge >= 0.3 is 0 Å². The highest BCUT2D eigenvalue weighted by atomic mass is 32.2. The summed E-state index contributed by atoms with van der Waals surface area (Å²) >= 11 is 1.58. The fraction of sp³-hybridized carbons (Fsp3) is 0.0455. The number of carbonyl (C=O) groups excluding carboxylic acids is 1. The maximum Gasteiger partial charge on any atom is 0.193 e. The van der Waals surface area contributed by atoms with Gasteiger partial charge in [-0.2, -0.15) is 0 Å². The Morgan fingerprint density at radius 2 is 1.65 bits per heavy atom. The Hall–Kier alpha value is -2.85. The number of nitrogens with one attached hydrogen (secondary N) is 1. The SMILES string of the molecule is O=C1C2=C(Nc3ccccc3S[C@@H]2c2cccc(F)c2)c2ccccc21. The highest BCUT2D eigenvalue weighted by Gasteiger charge is 2.38. The van der Waals surface area contributed by atoms with E-state index < -0.39 is 0 Å². The summed E-state index contributed by atoms with van der Waals surface area (Å²) in [6.45, 7) is 0. The lowest BCUT2D eigenvalue weighted by atomic mass is 10.0. The fourth-order valence-electron chi connectivity index (χ4n) is 3.59. The second-order valence-corrected chi connectivity index (χ2v) is 7.48. The van der Waals surface area contributed by atoms with Gasteiger partial charge in [-0.15, -0.1) is 11.8 Å². The number of hydrogen-bond donors (Lipinski definition) is 1. The highest BCUT2D eigenvalue weighted by molar-refractivity contribution is 8.00. The Bertz CT molecular complexity index is 1090. The van der Waals surface area contributed by atoms with Gasteiger partial charge < -0.3 is 5.32 Å². The molecular weight excluding hydrogens is 345 g/mol. The Morgan fingerprint density at radius 3 is 2.50 bits per heavy atom. The molecular formula is C22H14FNOS. The molecule has 0 saturated heterocycles. The van der Waals surface area contributed by atoms with E-state index in [0.717, 1.165) is 27.4 Å². The summed E-state index contributed by atoms with van der Waals surface area (Å²) in [6.07, 6.45) is 0. The van der Waals surface area contributed by atoms with Gasteiger partial charge in [0.05, 0.1) is 16.6 Å². The number of halogens is 1. The smallest absolute Gasteiger partial charge is 0.193 e. The zero-order valence-electron chi connectivity index (χ0n) is 13.7. The standard InChI is InChI=1S/C22H14FNOS/c23-14-7-5-6-13(12-14)22-19-20(15-8-1-2-9-16(15)21(19)25)24-17-10-3-4-11-18(17)26-22/h1-12,22,24H/t22-/m1/s1. The van der Waals surface area contributed by atoms with Crippen LogP contribution in [0, 0.1) is 5.82 Å². The van der Waals surface area contributed by atoms with Crippen molar-refractivity contribution in [2.45, 2.75) is 10.1 Å². The maximum atomic E-state index is 13.9. The van der Waals surface area contributed by atoms with Crippen molar-refractivity contribution in [2.75, 3.05) is 5.32 Å². The van der Waals surface area contributed by atoms with Gasteiger partial charge in [0.15, 0.2) is 5.78 Å². The summed E-state index contributed by atoms with van der Waals surface area (Å²) in [5, 5.41) is 3.20. The fourth-order valence-corrected chi connectivity index (χ4v) is 4.87. The van der Waals surface area contributed by atoms with Crippen molar-refractivity contribution in [3.05, 3.63) is 101 Å². The van der Waals surface area contributed by atoms with E-state index in [-0.39, 0.29) is 16.9 Å². The summed E-state index contributed by atoms with van der Waals surface area (Å²) in [7, 11) is 0. The van der Waals surface area contributed by atoms with Crippen LogP contribution in [0.2, 0.25) is 0 Å². The van der Waals surface area contributed by atoms with Gasteiger partial charge in [-0.1, -0.05) is 48.5 Å². The van der Waals surface area contributed by atoms with Crippen molar-refractivity contribution >= 4 is 28.9 Å². The van der Waals surface area contributed by atoms with E-state index in [1.807, 2.05) is 54.6 Å². The van der Waals surface area contributed by atoms with Gasteiger partial charge in [-0.05, 0) is 29.8 Å². The third-order valence-corrected chi connectivity index (χ3v) is 6.11.